The molecule has 130 valence electrons. The summed E-state index contributed by atoms with van der Waals surface area (Å²) in [5, 5.41) is 2.83. The van der Waals surface area contributed by atoms with Gasteiger partial charge in [-0.3, -0.25) is 4.79 Å². The van der Waals surface area contributed by atoms with Gasteiger partial charge in [0.1, 0.15) is 11.5 Å². The van der Waals surface area contributed by atoms with E-state index in [1.165, 1.54) is 6.08 Å². The largest absolute Gasteiger partial charge is 0.497 e. The summed E-state index contributed by atoms with van der Waals surface area (Å²) in [5.74, 6) is 0.949. The Balaban J connectivity index is 1.82. The van der Waals surface area contributed by atoms with E-state index in [4.69, 9.17) is 14.2 Å². The van der Waals surface area contributed by atoms with Crippen molar-refractivity contribution in [3.8, 4) is 11.5 Å². The molecule has 6 heteroatoms. The van der Waals surface area contributed by atoms with Crippen molar-refractivity contribution < 1.29 is 23.8 Å². The molecular formula is C18H23NO5. The molecule has 0 heterocycles. The van der Waals surface area contributed by atoms with Crippen molar-refractivity contribution in [2.45, 2.75) is 25.8 Å². The number of benzene rings is 1. The Hall–Kier alpha value is -2.50. The van der Waals surface area contributed by atoms with Crippen LogP contribution in [-0.4, -0.2) is 38.7 Å². The molecule has 0 radical (unpaired) electrons. The average molecular weight is 333 g/mol. The molecule has 0 unspecified atom stereocenters. The van der Waals surface area contributed by atoms with Gasteiger partial charge in [0.25, 0.3) is 5.91 Å². The highest BCUT2D eigenvalue weighted by Crippen LogP contribution is 2.32. The molecule has 0 aliphatic heterocycles. The van der Waals surface area contributed by atoms with Gasteiger partial charge >= 0.3 is 5.97 Å². The van der Waals surface area contributed by atoms with Crippen molar-refractivity contribution in [3.05, 3.63) is 29.8 Å². The highest BCUT2D eigenvalue weighted by Gasteiger charge is 2.28. The van der Waals surface area contributed by atoms with Crippen LogP contribution in [0.1, 0.15) is 25.3 Å². The quantitative estimate of drug-likeness (QED) is 0.583. The number of nitrogens with one attached hydrogen (secondary N) is 1. The SMILES string of the molecule is COc1cc(/C=C/C(=O)OCC(=O)N[C@H](C)C2CC2)cc(OC)c1. The van der Waals surface area contributed by atoms with E-state index < -0.39 is 5.97 Å². The zero-order valence-corrected chi connectivity index (χ0v) is 14.2. The van der Waals surface area contributed by atoms with E-state index in [1.807, 2.05) is 6.92 Å². The van der Waals surface area contributed by atoms with Gasteiger partial charge in [0.2, 0.25) is 0 Å². The highest BCUT2D eigenvalue weighted by molar-refractivity contribution is 5.89. The third-order valence-electron chi connectivity index (χ3n) is 3.85. The minimum absolute atomic E-state index is 0.135. The second-order valence-electron chi connectivity index (χ2n) is 5.78. The first-order valence-electron chi connectivity index (χ1n) is 7.89. The summed E-state index contributed by atoms with van der Waals surface area (Å²) in [6, 6.07) is 5.39. The topological polar surface area (TPSA) is 73.9 Å². The van der Waals surface area contributed by atoms with E-state index in [0.29, 0.717) is 17.4 Å². The van der Waals surface area contributed by atoms with Crippen molar-refractivity contribution in [1.82, 2.24) is 5.32 Å². The molecule has 1 aliphatic rings. The molecule has 1 amide bonds. The van der Waals surface area contributed by atoms with Crippen LogP contribution in [0.2, 0.25) is 0 Å². The van der Waals surface area contributed by atoms with Crippen LogP contribution in [0.25, 0.3) is 6.08 Å². The first-order valence-corrected chi connectivity index (χ1v) is 7.89. The molecule has 1 aromatic carbocycles. The van der Waals surface area contributed by atoms with Crippen LogP contribution < -0.4 is 14.8 Å². The first kappa shape index (κ1) is 17.8. The molecule has 0 bridgehead atoms. The molecule has 1 fully saturated rings. The van der Waals surface area contributed by atoms with E-state index in [1.54, 1.807) is 38.5 Å². The Labute approximate surface area is 141 Å². The second-order valence-corrected chi connectivity index (χ2v) is 5.78. The molecule has 1 N–H and O–H groups in total. The predicted molar refractivity (Wildman–Crippen MR) is 89.9 cm³/mol. The third-order valence-corrected chi connectivity index (χ3v) is 3.85. The number of carbonyl (C=O) groups excluding carboxylic acids is 2. The maximum atomic E-state index is 11.7. The van der Waals surface area contributed by atoms with Crippen LogP contribution in [0, 0.1) is 5.92 Å². The lowest BCUT2D eigenvalue weighted by Crippen LogP contribution is -2.36. The lowest BCUT2D eigenvalue weighted by molar-refractivity contribution is -0.144. The van der Waals surface area contributed by atoms with E-state index in [0.717, 1.165) is 18.4 Å². The Morgan fingerprint density at radius 3 is 2.38 bits per heavy atom. The molecule has 24 heavy (non-hydrogen) atoms. The standard InChI is InChI=1S/C18H23NO5/c1-12(14-5-6-14)19-17(20)11-24-18(21)7-4-13-8-15(22-2)10-16(9-13)23-3/h4,7-10,12,14H,5-6,11H2,1-3H3,(H,19,20)/b7-4+/t12-/m1/s1. The number of hydrogen-bond donors (Lipinski definition) is 1. The predicted octanol–water partition coefficient (Wildman–Crippen LogP) is 2.17. The van der Waals surface area contributed by atoms with Gasteiger partial charge in [0, 0.05) is 18.2 Å². The van der Waals surface area contributed by atoms with Gasteiger partial charge in [0.05, 0.1) is 14.2 Å². The average Bonchev–Trinajstić information content (AvgIpc) is 3.42. The monoisotopic (exact) mass is 333 g/mol. The Morgan fingerprint density at radius 2 is 1.83 bits per heavy atom. The van der Waals surface area contributed by atoms with Crippen LogP contribution in [0.3, 0.4) is 0 Å². The fraction of sp³-hybridized carbons (Fsp3) is 0.444. The van der Waals surface area contributed by atoms with Crippen LogP contribution in [0.5, 0.6) is 11.5 Å². The molecule has 1 saturated carbocycles. The highest BCUT2D eigenvalue weighted by atomic mass is 16.5. The van der Waals surface area contributed by atoms with E-state index in [2.05, 4.69) is 5.32 Å². The van der Waals surface area contributed by atoms with E-state index in [-0.39, 0.29) is 18.6 Å². The van der Waals surface area contributed by atoms with Crippen molar-refractivity contribution in [3.63, 3.8) is 0 Å². The van der Waals surface area contributed by atoms with Gasteiger partial charge in [-0.05, 0) is 49.5 Å². The van der Waals surface area contributed by atoms with Crippen LogP contribution >= 0.6 is 0 Å². The third kappa shape index (κ3) is 5.61. The van der Waals surface area contributed by atoms with Gasteiger partial charge in [-0.1, -0.05) is 0 Å². The van der Waals surface area contributed by atoms with E-state index in [9.17, 15) is 9.59 Å². The Morgan fingerprint density at radius 1 is 1.21 bits per heavy atom. The number of carbonyl (C=O) groups is 2. The molecule has 0 aromatic heterocycles. The van der Waals surface area contributed by atoms with Gasteiger partial charge in [-0.15, -0.1) is 0 Å². The maximum Gasteiger partial charge on any atom is 0.331 e. The first-order chi connectivity index (χ1) is 11.5. The number of amides is 1. The van der Waals surface area contributed by atoms with Crippen LogP contribution in [-0.2, 0) is 14.3 Å². The second kappa shape index (κ2) is 8.38. The summed E-state index contributed by atoms with van der Waals surface area (Å²) in [6.07, 6.45) is 5.14. The number of hydrogen-bond acceptors (Lipinski definition) is 5. The maximum absolute atomic E-state index is 11.7. The molecule has 0 spiro atoms. The van der Waals surface area contributed by atoms with Crippen molar-refractivity contribution in [2.75, 3.05) is 20.8 Å². The van der Waals surface area contributed by atoms with Crippen LogP contribution in [0.4, 0.5) is 0 Å². The zero-order valence-electron chi connectivity index (χ0n) is 14.2. The number of methoxy groups -OCH3 is 2. The van der Waals surface area contributed by atoms with Gasteiger partial charge in [-0.25, -0.2) is 4.79 Å². The molecule has 0 saturated heterocycles. The Kier molecular flexibility index (Phi) is 6.23. The molecule has 1 aromatic rings. The van der Waals surface area contributed by atoms with Crippen molar-refractivity contribution in [1.29, 1.82) is 0 Å². The van der Waals surface area contributed by atoms with Gasteiger partial charge in [-0.2, -0.15) is 0 Å². The van der Waals surface area contributed by atoms with Crippen molar-refractivity contribution in [2.24, 2.45) is 5.92 Å². The molecule has 6 nitrogen and oxygen atoms in total. The summed E-state index contributed by atoms with van der Waals surface area (Å²) >= 11 is 0. The fourth-order valence-corrected chi connectivity index (χ4v) is 2.28. The normalized spacial score (nSPS) is 15.0. The van der Waals surface area contributed by atoms with E-state index >= 15 is 0 Å². The number of ether oxygens (including phenoxy) is 3. The zero-order chi connectivity index (χ0) is 17.5. The summed E-state index contributed by atoms with van der Waals surface area (Å²) in [6.45, 7) is 1.69. The minimum atomic E-state index is -0.578. The fourth-order valence-electron chi connectivity index (χ4n) is 2.28. The van der Waals surface area contributed by atoms with Gasteiger partial charge < -0.3 is 19.5 Å². The van der Waals surface area contributed by atoms with Crippen molar-refractivity contribution >= 4 is 18.0 Å². The molecular weight excluding hydrogens is 310 g/mol. The summed E-state index contributed by atoms with van der Waals surface area (Å²) in [7, 11) is 3.11. The minimum Gasteiger partial charge on any atom is -0.497 e. The van der Waals surface area contributed by atoms with Gasteiger partial charge in [0.15, 0.2) is 6.61 Å². The number of rotatable bonds is 8. The summed E-state index contributed by atoms with van der Waals surface area (Å²) < 4.78 is 15.3. The summed E-state index contributed by atoms with van der Waals surface area (Å²) in [4.78, 5) is 23.4. The smallest absolute Gasteiger partial charge is 0.331 e. The van der Waals surface area contributed by atoms with Crippen LogP contribution in [0.15, 0.2) is 24.3 Å². The molecule has 1 atom stereocenters. The summed E-state index contributed by atoms with van der Waals surface area (Å²) in [5.41, 5.74) is 0.731. The molecule has 1 aliphatic carbocycles. The lowest BCUT2D eigenvalue weighted by Gasteiger charge is -2.12. The number of esters is 1. The Bertz CT molecular complexity index is 600. The molecule has 2 rings (SSSR count). The lowest BCUT2D eigenvalue weighted by atomic mass is 10.2.